The Morgan fingerprint density at radius 3 is 2.10 bits per heavy atom. The second-order valence-electron chi connectivity index (χ2n) is 7.91. The van der Waals surface area contributed by atoms with E-state index in [1.807, 2.05) is 36.4 Å². The first-order chi connectivity index (χ1) is 14.1. The van der Waals surface area contributed by atoms with Crippen molar-refractivity contribution in [2.75, 3.05) is 13.7 Å². The Morgan fingerprint density at radius 1 is 0.966 bits per heavy atom. The molecule has 1 amide bonds. The Balaban J connectivity index is 1.36. The van der Waals surface area contributed by atoms with Crippen LogP contribution in [0, 0.1) is 0 Å². The molecule has 0 aliphatic heterocycles. The van der Waals surface area contributed by atoms with Crippen LogP contribution in [0.4, 0.5) is 4.79 Å². The molecule has 0 unspecified atom stereocenters. The molecule has 4 heteroatoms. The molecular formula is C25H23NO3. The van der Waals surface area contributed by atoms with E-state index in [0.29, 0.717) is 6.61 Å². The standard InChI is InChI=1S/C25H23NO3/c1-26(25(14-15-25)22-12-6-7-13-23(22)27)24(28)29-16-21-19-10-4-2-8-17(19)18-9-3-5-11-20(18)21/h2-13,21,27H,14-16H2,1H3. The van der Waals surface area contributed by atoms with Crippen molar-refractivity contribution in [3.63, 3.8) is 0 Å². The average molecular weight is 385 g/mol. The molecule has 3 aromatic carbocycles. The minimum absolute atomic E-state index is 0.0417. The lowest BCUT2D eigenvalue weighted by molar-refractivity contribution is 0.0887. The van der Waals surface area contributed by atoms with Gasteiger partial charge in [-0.2, -0.15) is 0 Å². The summed E-state index contributed by atoms with van der Waals surface area (Å²) < 4.78 is 5.79. The van der Waals surface area contributed by atoms with Gasteiger partial charge in [-0.05, 0) is 41.2 Å². The molecule has 2 aliphatic carbocycles. The number of rotatable bonds is 4. The molecule has 0 atom stereocenters. The maximum atomic E-state index is 12.9. The summed E-state index contributed by atoms with van der Waals surface area (Å²) in [4.78, 5) is 14.6. The van der Waals surface area contributed by atoms with Crippen LogP contribution in [0.3, 0.4) is 0 Å². The number of hydrogen-bond donors (Lipinski definition) is 1. The van der Waals surface area contributed by atoms with Gasteiger partial charge in [-0.3, -0.25) is 0 Å². The van der Waals surface area contributed by atoms with Gasteiger partial charge in [-0.1, -0.05) is 66.7 Å². The third-order valence-corrected chi connectivity index (χ3v) is 6.38. The van der Waals surface area contributed by atoms with Crippen molar-refractivity contribution < 1.29 is 14.6 Å². The second-order valence-corrected chi connectivity index (χ2v) is 7.91. The molecule has 2 aliphatic rings. The summed E-state index contributed by atoms with van der Waals surface area (Å²) in [5.74, 6) is 0.267. The zero-order chi connectivity index (χ0) is 20.0. The minimum atomic E-state index is -0.464. The number of fused-ring (bicyclic) bond motifs is 3. The maximum Gasteiger partial charge on any atom is 0.410 e. The number of para-hydroxylation sites is 1. The monoisotopic (exact) mass is 385 g/mol. The molecule has 5 rings (SSSR count). The Labute approximate surface area is 170 Å². The molecule has 146 valence electrons. The first-order valence-electron chi connectivity index (χ1n) is 9.99. The highest BCUT2D eigenvalue weighted by atomic mass is 16.6. The van der Waals surface area contributed by atoms with Crippen LogP contribution in [0.1, 0.15) is 35.4 Å². The number of carbonyl (C=O) groups excluding carboxylic acids is 1. The number of nitrogens with zero attached hydrogens (tertiary/aromatic N) is 1. The summed E-state index contributed by atoms with van der Waals surface area (Å²) in [7, 11) is 1.76. The number of phenols is 1. The summed E-state index contributed by atoms with van der Waals surface area (Å²) in [5, 5.41) is 10.3. The van der Waals surface area contributed by atoms with Crippen LogP contribution >= 0.6 is 0 Å². The van der Waals surface area contributed by atoms with Crippen molar-refractivity contribution in [3.05, 3.63) is 89.5 Å². The van der Waals surface area contributed by atoms with E-state index in [0.717, 1.165) is 18.4 Å². The van der Waals surface area contributed by atoms with Gasteiger partial charge in [0.25, 0.3) is 0 Å². The quantitative estimate of drug-likeness (QED) is 0.666. The lowest BCUT2D eigenvalue weighted by atomic mass is 9.98. The first-order valence-corrected chi connectivity index (χ1v) is 9.99. The zero-order valence-corrected chi connectivity index (χ0v) is 16.3. The Hall–Kier alpha value is -3.27. The number of hydrogen-bond acceptors (Lipinski definition) is 3. The lowest BCUT2D eigenvalue weighted by Gasteiger charge is -2.29. The molecule has 0 bridgehead atoms. The second kappa shape index (κ2) is 6.66. The smallest absolute Gasteiger partial charge is 0.410 e. The van der Waals surface area contributed by atoms with E-state index >= 15 is 0 Å². The van der Waals surface area contributed by atoms with Gasteiger partial charge in [-0.15, -0.1) is 0 Å². The first kappa shape index (κ1) is 17.8. The Bertz CT molecular complexity index is 1040. The van der Waals surface area contributed by atoms with Crippen LogP contribution in [-0.4, -0.2) is 29.8 Å². The van der Waals surface area contributed by atoms with Crippen LogP contribution in [0.25, 0.3) is 11.1 Å². The van der Waals surface area contributed by atoms with E-state index < -0.39 is 5.54 Å². The van der Waals surface area contributed by atoms with E-state index in [1.54, 1.807) is 24.1 Å². The summed E-state index contributed by atoms with van der Waals surface area (Å²) in [6.07, 6.45) is 1.30. The van der Waals surface area contributed by atoms with Gasteiger partial charge in [0.1, 0.15) is 12.4 Å². The fourth-order valence-corrected chi connectivity index (χ4v) is 4.64. The van der Waals surface area contributed by atoms with Gasteiger partial charge in [-0.25, -0.2) is 4.79 Å². The van der Waals surface area contributed by atoms with E-state index in [4.69, 9.17) is 4.74 Å². The van der Waals surface area contributed by atoms with Crippen LogP contribution in [0.2, 0.25) is 0 Å². The Morgan fingerprint density at radius 2 is 1.52 bits per heavy atom. The van der Waals surface area contributed by atoms with Gasteiger partial charge in [0.05, 0.1) is 5.54 Å². The van der Waals surface area contributed by atoms with Crippen molar-refractivity contribution in [3.8, 4) is 16.9 Å². The van der Waals surface area contributed by atoms with E-state index in [-0.39, 0.29) is 17.8 Å². The van der Waals surface area contributed by atoms with Gasteiger partial charge in [0.2, 0.25) is 0 Å². The number of ether oxygens (including phenoxy) is 1. The van der Waals surface area contributed by atoms with E-state index in [1.165, 1.54) is 22.3 Å². The molecule has 1 fully saturated rings. The summed E-state index contributed by atoms with van der Waals surface area (Å²) in [6, 6.07) is 23.9. The van der Waals surface area contributed by atoms with Gasteiger partial charge < -0.3 is 14.7 Å². The summed E-state index contributed by atoms with van der Waals surface area (Å²) >= 11 is 0. The highest BCUT2D eigenvalue weighted by molar-refractivity contribution is 5.79. The largest absolute Gasteiger partial charge is 0.508 e. The molecule has 0 aromatic heterocycles. The molecule has 0 saturated heterocycles. The number of phenolic OH excluding ortho intramolecular Hbond substituents is 1. The fraction of sp³-hybridized carbons (Fsp3) is 0.240. The summed E-state index contributed by atoms with van der Waals surface area (Å²) in [5.41, 5.74) is 5.15. The van der Waals surface area contributed by atoms with Crippen LogP contribution in [0.5, 0.6) is 5.75 Å². The average Bonchev–Trinajstić information content (AvgIpc) is 3.50. The molecular weight excluding hydrogens is 362 g/mol. The van der Waals surface area contributed by atoms with Crippen molar-refractivity contribution in [1.82, 2.24) is 4.90 Å². The van der Waals surface area contributed by atoms with Crippen LogP contribution in [0.15, 0.2) is 72.8 Å². The molecule has 0 radical (unpaired) electrons. The fourth-order valence-electron chi connectivity index (χ4n) is 4.64. The molecule has 1 saturated carbocycles. The molecule has 4 nitrogen and oxygen atoms in total. The normalized spacial score (nSPS) is 16.0. The predicted molar refractivity (Wildman–Crippen MR) is 112 cm³/mol. The summed E-state index contributed by atoms with van der Waals surface area (Å²) in [6.45, 7) is 0.300. The molecule has 29 heavy (non-hydrogen) atoms. The van der Waals surface area contributed by atoms with E-state index in [2.05, 4.69) is 24.3 Å². The number of benzene rings is 3. The van der Waals surface area contributed by atoms with Gasteiger partial charge in [0, 0.05) is 18.5 Å². The van der Waals surface area contributed by atoms with Crippen LogP contribution in [-0.2, 0) is 10.3 Å². The van der Waals surface area contributed by atoms with Gasteiger partial charge >= 0.3 is 6.09 Å². The van der Waals surface area contributed by atoms with Crippen molar-refractivity contribution in [2.24, 2.45) is 0 Å². The zero-order valence-electron chi connectivity index (χ0n) is 16.3. The number of amides is 1. The molecule has 1 N–H and O–H groups in total. The third kappa shape index (κ3) is 2.79. The predicted octanol–water partition coefficient (Wildman–Crippen LogP) is 5.26. The maximum absolute atomic E-state index is 12.9. The molecule has 0 spiro atoms. The van der Waals surface area contributed by atoms with Crippen molar-refractivity contribution in [1.29, 1.82) is 0 Å². The lowest BCUT2D eigenvalue weighted by Crippen LogP contribution is -2.38. The number of aromatic hydroxyl groups is 1. The van der Waals surface area contributed by atoms with Crippen molar-refractivity contribution >= 4 is 6.09 Å². The molecule has 3 aromatic rings. The number of carbonyl (C=O) groups is 1. The van der Waals surface area contributed by atoms with Crippen molar-refractivity contribution in [2.45, 2.75) is 24.3 Å². The SMILES string of the molecule is CN(C(=O)OCC1c2ccccc2-c2ccccc21)C1(c2ccccc2O)CC1. The molecule has 0 heterocycles. The Kier molecular flexibility index (Phi) is 4.09. The minimum Gasteiger partial charge on any atom is -0.508 e. The third-order valence-electron chi connectivity index (χ3n) is 6.38. The topological polar surface area (TPSA) is 49.8 Å². The van der Waals surface area contributed by atoms with Crippen LogP contribution < -0.4 is 0 Å². The highest BCUT2D eigenvalue weighted by Crippen LogP contribution is 2.53. The van der Waals surface area contributed by atoms with Gasteiger partial charge in [0.15, 0.2) is 0 Å². The van der Waals surface area contributed by atoms with E-state index in [9.17, 15) is 9.90 Å². The highest BCUT2D eigenvalue weighted by Gasteiger charge is 2.52.